The van der Waals surface area contributed by atoms with Crippen molar-refractivity contribution < 1.29 is 9.18 Å². The molecule has 0 bridgehead atoms. The van der Waals surface area contributed by atoms with E-state index >= 15 is 0 Å². The minimum atomic E-state index is -0.559. The monoisotopic (exact) mass is 342 g/mol. The average molecular weight is 342 g/mol. The summed E-state index contributed by atoms with van der Waals surface area (Å²) >= 11 is 0. The molecule has 1 aromatic heterocycles. The zero-order chi connectivity index (χ0) is 17.3. The Hall–Kier alpha value is -2.24. The van der Waals surface area contributed by atoms with Crippen LogP contribution in [0.5, 0.6) is 0 Å². The third-order valence-corrected chi connectivity index (χ3v) is 5.53. The first-order valence-corrected chi connectivity index (χ1v) is 9.12. The lowest BCUT2D eigenvalue weighted by molar-refractivity contribution is -0.128. The van der Waals surface area contributed by atoms with E-state index in [1.165, 1.54) is 12.1 Å². The number of carbonyl (C=O) groups excluding carboxylic acids is 1. The van der Waals surface area contributed by atoms with Crippen LogP contribution in [0.15, 0.2) is 30.6 Å². The van der Waals surface area contributed by atoms with E-state index in [1.54, 1.807) is 18.5 Å². The Morgan fingerprint density at radius 3 is 2.60 bits per heavy atom. The van der Waals surface area contributed by atoms with Gasteiger partial charge in [0.25, 0.3) is 0 Å². The summed E-state index contributed by atoms with van der Waals surface area (Å²) in [5.41, 5.74) is 0.353. The Bertz CT molecular complexity index is 745. The second kappa shape index (κ2) is 6.58. The van der Waals surface area contributed by atoms with Gasteiger partial charge in [-0.3, -0.25) is 4.79 Å². The molecule has 1 aromatic carbocycles. The van der Waals surface area contributed by atoms with Crippen LogP contribution in [0.25, 0.3) is 0 Å². The molecule has 0 radical (unpaired) electrons. The number of hydrogen-bond donors (Lipinski definition) is 1. The molecular weight excluding hydrogens is 319 g/mol. The molecule has 6 heteroatoms. The lowest BCUT2D eigenvalue weighted by Gasteiger charge is -2.36. The van der Waals surface area contributed by atoms with E-state index < -0.39 is 5.41 Å². The van der Waals surface area contributed by atoms with Crippen LogP contribution in [-0.4, -0.2) is 20.7 Å². The van der Waals surface area contributed by atoms with E-state index in [0.717, 1.165) is 56.3 Å². The summed E-state index contributed by atoms with van der Waals surface area (Å²) in [4.78, 5) is 13.1. The molecule has 25 heavy (non-hydrogen) atoms. The maximum absolute atomic E-state index is 13.3. The van der Waals surface area contributed by atoms with Gasteiger partial charge in [0.2, 0.25) is 5.91 Å². The maximum atomic E-state index is 13.3. The van der Waals surface area contributed by atoms with Crippen LogP contribution in [0, 0.1) is 5.82 Å². The summed E-state index contributed by atoms with van der Waals surface area (Å²) in [5, 5.41) is 11.2. The van der Waals surface area contributed by atoms with Crippen LogP contribution in [0.2, 0.25) is 0 Å². The van der Waals surface area contributed by atoms with Crippen LogP contribution in [0.4, 0.5) is 4.39 Å². The molecule has 5 nitrogen and oxygen atoms in total. The van der Waals surface area contributed by atoms with Gasteiger partial charge in [0.05, 0.1) is 12.0 Å². The molecule has 0 unspecified atom stereocenters. The Morgan fingerprint density at radius 1 is 1.20 bits per heavy atom. The quantitative estimate of drug-likeness (QED) is 0.907. The zero-order valence-corrected chi connectivity index (χ0v) is 14.2. The molecule has 2 aliphatic carbocycles. The Balaban J connectivity index is 1.53. The van der Waals surface area contributed by atoms with Gasteiger partial charge in [-0.2, -0.15) is 0 Å². The number of hydrogen-bond acceptors (Lipinski definition) is 3. The lowest BCUT2D eigenvalue weighted by atomic mass is 9.68. The van der Waals surface area contributed by atoms with Crippen molar-refractivity contribution >= 4 is 5.91 Å². The van der Waals surface area contributed by atoms with E-state index in [9.17, 15) is 9.18 Å². The fraction of sp³-hybridized carbons (Fsp3) is 0.526. The van der Waals surface area contributed by atoms with Gasteiger partial charge in [-0.25, -0.2) is 4.39 Å². The number of aromatic nitrogens is 3. The number of nitrogens with zero attached hydrogens (tertiary/aromatic N) is 3. The summed E-state index contributed by atoms with van der Waals surface area (Å²) < 4.78 is 15.4. The molecule has 0 spiro atoms. The van der Waals surface area contributed by atoms with E-state index in [-0.39, 0.29) is 11.7 Å². The minimum absolute atomic E-state index is 0.0177. The third-order valence-electron chi connectivity index (χ3n) is 5.53. The fourth-order valence-corrected chi connectivity index (χ4v) is 3.95. The van der Waals surface area contributed by atoms with Crippen molar-refractivity contribution in [2.75, 3.05) is 0 Å². The van der Waals surface area contributed by atoms with Crippen molar-refractivity contribution in [3.05, 3.63) is 47.8 Å². The summed E-state index contributed by atoms with van der Waals surface area (Å²) in [5.74, 6) is 0.553. The van der Waals surface area contributed by atoms with Crippen molar-refractivity contribution in [1.29, 1.82) is 0 Å². The van der Waals surface area contributed by atoms with Gasteiger partial charge < -0.3 is 9.88 Å². The highest BCUT2D eigenvalue weighted by Crippen LogP contribution is 2.40. The highest BCUT2D eigenvalue weighted by atomic mass is 19.1. The van der Waals surface area contributed by atoms with Crippen molar-refractivity contribution in [1.82, 2.24) is 20.1 Å². The maximum Gasteiger partial charge on any atom is 0.231 e. The molecular formula is C19H23FN4O. The first kappa shape index (κ1) is 16.2. The molecule has 0 saturated heterocycles. The average Bonchev–Trinajstić information content (AvgIpc) is 3.39. The molecule has 2 aromatic rings. The first-order chi connectivity index (χ1) is 12.2. The molecule has 0 atom stereocenters. The normalized spacial score (nSPS) is 19.6. The number of rotatable bonds is 5. The van der Waals surface area contributed by atoms with Gasteiger partial charge in [-0.05, 0) is 43.4 Å². The van der Waals surface area contributed by atoms with Gasteiger partial charge in [0.1, 0.15) is 12.1 Å². The minimum Gasteiger partial charge on any atom is -0.348 e. The van der Waals surface area contributed by atoms with Crippen molar-refractivity contribution in [2.24, 2.45) is 0 Å². The number of amides is 1. The smallest absolute Gasteiger partial charge is 0.231 e. The second-order valence-electron chi connectivity index (χ2n) is 7.22. The van der Waals surface area contributed by atoms with Crippen LogP contribution < -0.4 is 5.32 Å². The molecule has 2 saturated carbocycles. The number of benzene rings is 1. The Morgan fingerprint density at radius 2 is 1.92 bits per heavy atom. The highest BCUT2D eigenvalue weighted by molar-refractivity contribution is 5.88. The number of nitrogens with one attached hydrogen (secondary N) is 1. The molecule has 2 fully saturated rings. The molecule has 132 valence electrons. The van der Waals surface area contributed by atoms with Crippen LogP contribution in [0.1, 0.15) is 62.4 Å². The third kappa shape index (κ3) is 3.17. The van der Waals surface area contributed by atoms with Crippen molar-refractivity contribution in [3.8, 4) is 0 Å². The predicted octanol–water partition coefficient (Wildman–Crippen LogP) is 3.27. The van der Waals surface area contributed by atoms with Crippen LogP contribution in [0.3, 0.4) is 0 Å². The van der Waals surface area contributed by atoms with Gasteiger partial charge in [0, 0.05) is 6.04 Å². The molecule has 1 heterocycles. The largest absolute Gasteiger partial charge is 0.348 e. The van der Waals surface area contributed by atoms with Crippen LogP contribution in [-0.2, 0) is 16.8 Å². The fourth-order valence-electron chi connectivity index (χ4n) is 3.95. The van der Waals surface area contributed by atoms with E-state index in [1.807, 2.05) is 0 Å². The molecule has 2 aliphatic rings. The van der Waals surface area contributed by atoms with Gasteiger partial charge in [0.15, 0.2) is 5.82 Å². The molecule has 1 amide bonds. The van der Waals surface area contributed by atoms with E-state index in [0.29, 0.717) is 12.6 Å². The SMILES string of the molecule is O=C(NCc1nncn1C1CC1)C1(c2ccc(F)cc2)CCCCC1. The van der Waals surface area contributed by atoms with E-state index in [4.69, 9.17) is 0 Å². The molecule has 1 N–H and O–H groups in total. The van der Waals surface area contributed by atoms with Crippen LogP contribution >= 0.6 is 0 Å². The van der Waals surface area contributed by atoms with Gasteiger partial charge in [-0.1, -0.05) is 31.4 Å². The van der Waals surface area contributed by atoms with Crippen molar-refractivity contribution in [3.63, 3.8) is 0 Å². The lowest BCUT2D eigenvalue weighted by Crippen LogP contribution is -2.45. The number of halogens is 1. The standard InChI is InChI=1S/C19H23FN4O/c20-15-6-4-14(5-7-15)19(10-2-1-3-11-19)18(25)21-12-17-23-22-13-24(17)16-8-9-16/h4-7,13,16H,1-3,8-12H2,(H,21,25). The van der Waals surface area contributed by atoms with Gasteiger partial charge >= 0.3 is 0 Å². The van der Waals surface area contributed by atoms with Gasteiger partial charge in [-0.15, -0.1) is 10.2 Å². The summed E-state index contributed by atoms with van der Waals surface area (Å²) in [6, 6.07) is 6.90. The molecule has 0 aliphatic heterocycles. The summed E-state index contributed by atoms with van der Waals surface area (Å²) in [7, 11) is 0. The zero-order valence-electron chi connectivity index (χ0n) is 14.2. The summed E-state index contributed by atoms with van der Waals surface area (Å²) in [6.45, 7) is 0.387. The predicted molar refractivity (Wildman–Crippen MR) is 91.3 cm³/mol. The molecule has 4 rings (SSSR count). The number of carbonyl (C=O) groups is 1. The Labute approximate surface area is 146 Å². The first-order valence-electron chi connectivity index (χ1n) is 9.12. The van der Waals surface area contributed by atoms with Crippen molar-refractivity contribution in [2.45, 2.75) is 62.9 Å². The highest BCUT2D eigenvalue weighted by Gasteiger charge is 2.41. The topological polar surface area (TPSA) is 59.8 Å². The summed E-state index contributed by atoms with van der Waals surface area (Å²) in [6.07, 6.45) is 8.84. The second-order valence-corrected chi connectivity index (χ2v) is 7.22. The van der Waals surface area contributed by atoms with E-state index in [2.05, 4.69) is 20.1 Å². The Kier molecular flexibility index (Phi) is 4.27.